The number of ether oxygens (including phenoxy) is 1. The van der Waals surface area contributed by atoms with E-state index in [4.69, 9.17) is 13.7 Å². The van der Waals surface area contributed by atoms with E-state index in [9.17, 15) is 4.79 Å². The van der Waals surface area contributed by atoms with Crippen LogP contribution < -0.4 is 10.1 Å². The van der Waals surface area contributed by atoms with Gasteiger partial charge in [0.15, 0.2) is 6.61 Å². The smallest absolute Gasteiger partial charge is 0.251 e. The highest BCUT2D eigenvalue weighted by Crippen LogP contribution is 2.19. The van der Waals surface area contributed by atoms with Crippen molar-refractivity contribution in [1.82, 2.24) is 20.4 Å². The molecule has 0 saturated carbocycles. The number of amides is 1. The molecule has 8 nitrogen and oxygen atoms in total. The zero-order chi connectivity index (χ0) is 21.6. The molecule has 0 atom stereocenters. The molecule has 0 bridgehead atoms. The van der Waals surface area contributed by atoms with Gasteiger partial charge >= 0.3 is 0 Å². The maximum Gasteiger partial charge on any atom is 0.251 e. The number of aromatic nitrogens is 3. The van der Waals surface area contributed by atoms with Crippen molar-refractivity contribution < 1.29 is 18.5 Å². The van der Waals surface area contributed by atoms with E-state index in [1.165, 1.54) is 5.56 Å². The lowest BCUT2D eigenvalue weighted by Gasteiger charge is -2.06. The molecule has 0 fully saturated rings. The summed E-state index contributed by atoms with van der Waals surface area (Å²) in [7, 11) is 0. The van der Waals surface area contributed by atoms with E-state index in [0.717, 1.165) is 11.3 Å². The Kier molecular flexibility index (Phi) is 6.07. The molecule has 0 unspecified atom stereocenters. The van der Waals surface area contributed by atoms with Crippen molar-refractivity contribution in [2.24, 2.45) is 0 Å². The Labute approximate surface area is 179 Å². The lowest BCUT2D eigenvalue weighted by molar-refractivity contribution is 0.0954. The summed E-state index contributed by atoms with van der Waals surface area (Å²) in [5, 5.41) is 6.66. The van der Waals surface area contributed by atoms with Crippen molar-refractivity contribution >= 4 is 5.91 Å². The van der Waals surface area contributed by atoms with Crippen LogP contribution in [0.3, 0.4) is 0 Å². The van der Waals surface area contributed by atoms with Crippen LogP contribution in [0.15, 0.2) is 63.7 Å². The fraction of sp³-hybridized carbons (Fsp3) is 0.217. The molecular weight excluding hydrogens is 396 g/mol. The van der Waals surface area contributed by atoms with Crippen LogP contribution in [0, 0.1) is 13.8 Å². The highest BCUT2D eigenvalue weighted by molar-refractivity contribution is 5.94. The first-order chi connectivity index (χ1) is 15.1. The predicted molar refractivity (Wildman–Crippen MR) is 113 cm³/mol. The largest absolute Gasteiger partial charge is 0.485 e. The topological polar surface area (TPSA) is 103 Å². The number of nitrogens with zero attached hydrogens (tertiary/aromatic N) is 3. The first-order valence-electron chi connectivity index (χ1n) is 9.88. The lowest BCUT2D eigenvalue weighted by Crippen LogP contribution is -2.25. The van der Waals surface area contributed by atoms with E-state index in [1.807, 2.05) is 31.2 Å². The number of hydrogen-bond donors (Lipinski definition) is 1. The van der Waals surface area contributed by atoms with Crippen molar-refractivity contribution in [3.63, 3.8) is 0 Å². The van der Waals surface area contributed by atoms with E-state index in [-0.39, 0.29) is 12.5 Å². The highest BCUT2D eigenvalue weighted by Gasteiger charge is 2.09. The van der Waals surface area contributed by atoms with E-state index >= 15 is 0 Å². The molecule has 8 heteroatoms. The minimum atomic E-state index is -0.164. The van der Waals surface area contributed by atoms with Gasteiger partial charge in [0.25, 0.3) is 5.91 Å². The van der Waals surface area contributed by atoms with E-state index in [1.54, 1.807) is 37.5 Å². The average molecular weight is 418 g/mol. The van der Waals surface area contributed by atoms with Crippen LogP contribution in [0.1, 0.15) is 33.3 Å². The SMILES string of the molecule is Cc1ccc(-c2nc(CCNC(=O)c3ccc(OCc4noc(C)n4)cc3)co2)cc1. The Morgan fingerprint density at radius 3 is 2.52 bits per heavy atom. The number of carbonyl (C=O) groups excluding carboxylic acids is 1. The fourth-order valence-corrected chi connectivity index (χ4v) is 2.91. The van der Waals surface area contributed by atoms with Crippen molar-refractivity contribution in [2.75, 3.05) is 6.54 Å². The Morgan fingerprint density at radius 2 is 1.81 bits per heavy atom. The number of rotatable bonds is 8. The minimum absolute atomic E-state index is 0.164. The Balaban J connectivity index is 1.24. The molecule has 1 N–H and O–H groups in total. The van der Waals surface area contributed by atoms with Gasteiger partial charge in [-0.1, -0.05) is 22.9 Å². The third-order valence-corrected chi connectivity index (χ3v) is 4.57. The first kappa shape index (κ1) is 20.3. The van der Waals surface area contributed by atoms with Crippen LogP contribution in [0.2, 0.25) is 0 Å². The Bertz CT molecular complexity index is 1150. The van der Waals surface area contributed by atoms with E-state index < -0.39 is 0 Å². The second-order valence-electron chi connectivity index (χ2n) is 7.06. The van der Waals surface area contributed by atoms with Crippen LogP contribution >= 0.6 is 0 Å². The number of hydrogen-bond acceptors (Lipinski definition) is 7. The fourth-order valence-electron chi connectivity index (χ4n) is 2.91. The molecule has 0 saturated heterocycles. The number of nitrogens with one attached hydrogen (secondary N) is 1. The van der Waals surface area contributed by atoms with E-state index in [0.29, 0.717) is 41.9 Å². The molecule has 4 rings (SSSR count). The van der Waals surface area contributed by atoms with Crippen LogP contribution in [-0.2, 0) is 13.0 Å². The summed E-state index contributed by atoms with van der Waals surface area (Å²) < 4.78 is 16.0. The lowest BCUT2D eigenvalue weighted by atomic mass is 10.1. The Hall–Kier alpha value is -3.94. The van der Waals surface area contributed by atoms with Crippen molar-refractivity contribution in [3.8, 4) is 17.2 Å². The van der Waals surface area contributed by atoms with Gasteiger partial charge in [-0.2, -0.15) is 4.98 Å². The van der Waals surface area contributed by atoms with Gasteiger partial charge in [0, 0.05) is 31.0 Å². The van der Waals surface area contributed by atoms with Crippen LogP contribution in [-0.4, -0.2) is 27.6 Å². The zero-order valence-corrected chi connectivity index (χ0v) is 17.3. The molecule has 0 radical (unpaired) electrons. The van der Waals surface area contributed by atoms with Gasteiger partial charge in [-0.05, 0) is 43.3 Å². The van der Waals surface area contributed by atoms with Gasteiger partial charge < -0.3 is 19.0 Å². The van der Waals surface area contributed by atoms with Gasteiger partial charge in [-0.3, -0.25) is 4.79 Å². The molecule has 0 aliphatic carbocycles. The Morgan fingerprint density at radius 1 is 1.03 bits per heavy atom. The monoisotopic (exact) mass is 418 g/mol. The normalized spacial score (nSPS) is 10.8. The van der Waals surface area contributed by atoms with Gasteiger partial charge in [0.05, 0.1) is 5.69 Å². The molecule has 0 aliphatic heterocycles. The molecule has 0 aliphatic rings. The number of aryl methyl sites for hydroxylation is 2. The van der Waals surface area contributed by atoms with Crippen molar-refractivity contribution in [3.05, 3.63) is 83.3 Å². The molecule has 158 valence electrons. The third kappa shape index (κ3) is 5.36. The molecule has 2 aromatic carbocycles. The molecule has 2 aromatic heterocycles. The number of oxazole rings is 1. The van der Waals surface area contributed by atoms with E-state index in [2.05, 4.69) is 20.4 Å². The van der Waals surface area contributed by atoms with Gasteiger partial charge in [-0.15, -0.1) is 0 Å². The predicted octanol–water partition coefficient (Wildman–Crippen LogP) is 3.89. The average Bonchev–Trinajstić information content (AvgIpc) is 3.42. The number of carbonyl (C=O) groups is 1. The molecular formula is C23H22N4O4. The minimum Gasteiger partial charge on any atom is -0.485 e. The standard InChI is InChI=1S/C23H22N4O4/c1-15-3-5-18(6-4-15)23-26-19(13-30-23)11-12-24-22(28)17-7-9-20(10-8-17)29-14-21-25-16(2)31-27-21/h3-10,13H,11-12,14H2,1-2H3,(H,24,28). The maximum absolute atomic E-state index is 12.4. The van der Waals surface area contributed by atoms with Gasteiger partial charge in [-0.25, -0.2) is 4.98 Å². The van der Waals surface area contributed by atoms with Crippen LogP contribution in [0.5, 0.6) is 5.75 Å². The summed E-state index contributed by atoms with van der Waals surface area (Å²) in [4.78, 5) is 20.9. The van der Waals surface area contributed by atoms with Crippen LogP contribution in [0.4, 0.5) is 0 Å². The zero-order valence-electron chi connectivity index (χ0n) is 17.3. The molecule has 2 heterocycles. The molecule has 0 spiro atoms. The highest BCUT2D eigenvalue weighted by atomic mass is 16.5. The third-order valence-electron chi connectivity index (χ3n) is 4.57. The first-order valence-corrected chi connectivity index (χ1v) is 9.88. The molecule has 1 amide bonds. The molecule has 4 aromatic rings. The number of benzene rings is 2. The molecule has 31 heavy (non-hydrogen) atoms. The quantitative estimate of drug-likeness (QED) is 0.463. The summed E-state index contributed by atoms with van der Waals surface area (Å²) in [5.74, 6) is 1.99. The summed E-state index contributed by atoms with van der Waals surface area (Å²) >= 11 is 0. The van der Waals surface area contributed by atoms with Crippen molar-refractivity contribution in [1.29, 1.82) is 0 Å². The summed E-state index contributed by atoms with van der Waals surface area (Å²) in [6, 6.07) is 14.9. The van der Waals surface area contributed by atoms with Gasteiger partial charge in [0.2, 0.25) is 17.6 Å². The van der Waals surface area contributed by atoms with Crippen molar-refractivity contribution in [2.45, 2.75) is 26.9 Å². The van der Waals surface area contributed by atoms with Crippen LogP contribution in [0.25, 0.3) is 11.5 Å². The van der Waals surface area contributed by atoms with Gasteiger partial charge in [0.1, 0.15) is 12.0 Å². The summed E-state index contributed by atoms with van der Waals surface area (Å²) in [6.07, 6.45) is 2.20. The summed E-state index contributed by atoms with van der Waals surface area (Å²) in [6.45, 7) is 4.40. The second kappa shape index (κ2) is 9.25. The second-order valence-corrected chi connectivity index (χ2v) is 7.06. The summed E-state index contributed by atoms with van der Waals surface area (Å²) in [5.41, 5.74) is 3.44. The maximum atomic E-state index is 12.4.